The number of rotatable bonds is 7. The summed E-state index contributed by atoms with van der Waals surface area (Å²) < 4.78 is 7.42. The molecular formula is C27H33N7O2S. The molecule has 0 spiro atoms. The molecule has 0 radical (unpaired) electrons. The molecule has 37 heavy (non-hydrogen) atoms. The summed E-state index contributed by atoms with van der Waals surface area (Å²) in [4.78, 5) is 26.2. The summed E-state index contributed by atoms with van der Waals surface area (Å²) in [7, 11) is 0. The van der Waals surface area contributed by atoms with Gasteiger partial charge in [0.25, 0.3) is 0 Å². The van der Waals surface area contributed by atoms with E-state index in [1.807, 2.05) is 55.8 Å². The number of fused-ring (bicyclic) bond motifs is 1. The van der Waals surface area contributed by atoms with Crippen LogP contribution in [0.15, 0.2) is 53.6 Å². The van der Waals surface area contributed by atoms with Gasteiger partial charge in [-0.15, -0.1) is 0 Å². The van der Waals surface area contributed by atoms with Crippen molar-refractivity contribution in [1.82, 2.24) is 24.7 Å². The maximum Gasteiger partial charge on any atom is 0.407 e. The number of carbonyl (C=O) groups is 1. The summed E-state index contributed by atoms with van der Waals surface area (Å²) in [6.07, 6.45) is 8.82. The van der Waals surface area contributed by atoms with Gasteiger partial charge < -0.3 is 20.7 Å². The lowest BCUT2D eigenvalue weighted by atomic mass is 9.91. The molecular weight excluding hydrogens is 486 g/mol. The average Bonchev–Trinajstić information content (AvgIpc) is 3.54. The topological polar surface area (TPSA) is 105 Å². The molecule has 1 saturated carbocycles. The van der Waals surface area contributed by atoms with Crippen LogP contribution < -0.4 is 16.0 Å². The van der Waals surface area contributed by atoms with Gasteiger partial charge >= 0.3 is 6.09 Å². The average molecular weight is 520 g/mol. The number of hydrogen-bond acceptors (Lipinski definition) is 8. The van der Waals surface area contributed by atoms with Crippen LogP contribution >= 0.6 is 11.3 Å². The highest BCUT2D eigenvalue weighted by molar-refractivity contribution is 7.07. The van der Waals surface area contributed by atoms with Crippen molar-refractivity contribution in [2.45, 2.75) is 70.7 Å². The summed E-state index contributed by atoms with van der Waals surface area (Å²) in [6, 6.07) is 8.46. The SMILES string of the molecule is CC(C)(C)OC(=O)N[C@H]1CC[C@H](Nc2nccn3c(-c4cccc(NCc5ccsc5)n4)cnc23)CC1. The molecule has 5 rings (SSSR count). The molecule has 0 unspecified atom stereocenters. The van der Waals surface area contributed by atoms with Gasteiger partial charge in [0.15, 0.2) is 11.5 Å². The van der Waals surface area contributed by atoms with E-state index in [0.29, 0.717) is 0 Å². The number of nitrogens with zero attached hydrogens (tertiary/aromatic N) is 4. The van der Waals surface area contributed by atoms with E-state index < -0.39 is 5.60 Å². The molecule has 4 aromatic heterocycles. The number of aromatic nitrogens is 4. The van der Waals surface area contributed by atoms with Crippen molar-refractivity contribution < 1.29 is 9.53 Å². The van der Waals surface area contributed by atoms with Crippen LogP contribution in [0.4, 0.5) is 16.4 Å². The molecule has 1 aliphatic rings. The summed E-state index contributed by atoms with van der Waals surface area (Å²) >= 11 is 1.69. The van der Waals surface area contributed by atoms with Crippen LogP contribution in [0.3, 0.4) is 0 Å². The Morgan fingerprint density at radius 1 is 1.14 bits per heavy atom. The van der Waals surface area contributed by atoms with E-state index in [4.69, 9.17) is 9.72 Å². The molecule has 0 aliphatic heterocycles. The fraction of sp³-hybridized carbons (Fsp3) is 0.407. The predicted molar refractivity (Wildman–Crippen MR) is 147 cm³/mol. The Morgan fingerprint density at radius 2 is 1.95 bits per heavy atom. The molecule has 1 aliphatic carbocycles. The first-order chi connectivity index (χ1) is 17.8. The molecule has 1 fully saturated rings. The van der Waals surface area contributed by atoms with E-state index in [-0.39, 0.29) is 18.2 Å². The Bertz CT molecular complexity index is 1340. The zero-order valence-electron chi connectivity index (χ0n) is 21.4. The van der Waals surface area contributed by atoms with Crippen molar-refractivity contribution in [2.24, 2.45) is 0 Å². The summed E-state index contributed by atoms with van der Waals surface area (Å²) in [5, 5.41) is 14.2. The number of anilines is 2. The first-order valence-corrected chi connectivity index (χ1v) is 13.6. The Balaban J connectivity index is 1.23. The highest BCUT2D eigenvalue weighted by Gasteiger charge is 2.25. The fourth-order valence-corrected chi connectivity index (χ4v) is 5.19. The Morgan fingerprint density at radius 3 is 2.70 bits per heavy atom. The minimum Gasteiger partial charge on any atom is -0.444 e. The van der Waals surface area contributed by atoms with Crippen molar-refractivity contribution in [3.63, 3.8) is 0 Å². The van der Waals surface area contributed by atoms with Gasteiger partial charge in [-0.25, -0.2) is 19.7 Å². The molecule has 3 N–H and O–H groups in total. The maximum atomic E-state index is 12.1. The number of imidazole rings is 1. The van der Waals surface area contributed by atoms with Gasteiger partial charge in [-0.2, -0.15) is 11.3 Å². The molecule has 10 heteroatoms. The van der Waals surface area contributed by atoms with Gasteiger partial charge in [-0.1, -0.05) is 6.07 Å². The molecule has 194 valence electrons. The van der Waals surface area contributed by atoms with Gasteiger partial charge in [0, 0.05) is 31.0 Å². The Kier molecular flexibility index (Phi) is 7.27. The van der Waals surface area contributed by atoms with Gasteiger partial charge in [-0.05, 0) is 81.0 Å². The van der Waals surface area contributed by atoms with E-state index in [1.165, 1.54) is 5.56 Å². The molecule has 4 aromatic rings. The third-order valence-electron chi connectivity index (χ3n) is 6.28. The number of thiophene rings is 1. The highest BCUT2D eigenvalue weighted by Crippen LogP contribution is 2.26. The van der Waals surface area contributed by atoms with E-state index in [9.17, 15) is 4.79 Å². The van der Waals surface area contributed by atoms with Crippen LogP contribution in [0.2, 0.25) is 0 Å². The van der Waals surface area contributed by atoms with E-state index in [0.717, 1.165) is 60.9 Å². The number of pyridine rings is 1. The van der Waals surface area contributed by atoms with E-state index >= 15 is 0 Å². The van der Waals surface area contributed by atoms with Crippen molar-refractivity contribution in [1.29, 1.82) is 0 Å². The second-order valence-corrected chi connectivity index (χ2v) is 11.1. The lowest BCUT2D eigenvalue weighted by Crippen LogP contribution is -2.42. The van der Waals surface area contributed by atoms with Gasteiger partial charge in [0.2, 0.25) is 0 Å². The number of carbonyl (C=O) groups excluding carboxylic acids is 1. The largest absolute Gasteiger partial charge is 0.444 e. The second-order valence-electron chi connectivity index (χ2n) is 10.3. The molecule has 0 aromatic carbocycles. The summed E-state index contributed by atoms with van der Waals surface area (Å²) in [6.45, 7) is 6.36. The smallest absolute Gasteiger partial charge is 0.407 e. The first-order valence-electron chi connectivity index (χ1n) is 12.6. The summed E-state index contributed by atoms with van der Waals surface area (Å²) in [5.41, 5.74) is 3.26. The predicted octanol–water partition coefficient (Wildman–Crippen LogP) is 5.71. The number of nitrogens with one attached hydrogen (secondary N) is 3. The lowest BCUT2D eigenvalue weighted by Gasteiger charge is -2.30. The van der Waals surface area contributed by atoms with Gasteiger partial charge in [0.05, 0.1) is 17.6 Å². The minimum absolute atomic E-state index is 0.126. The molecule has 9 nitrogen and oxygen atoms in total. The monoisotopic (exact) mass is 519 g/mol. The lowest BCUT2D eigenvalue weighted by molar-refractivity contribution is 0.0492. The van der Waals surface area contributed by atoms with Crippen LogP contribution in [0.5, 0.6) is 0 Å². The third kappa shape index (κ3) is 6.37. The molecule has 4 heterocycles. The van der Waals surface area contributed by atoms with Crippen molar-refractivity contribution >= 4 is 34.7 Å². The zero-order valence-corrected chi connectivity index (χ0v) is 22.2. The molecule has 0 saturated heterocycles. The quantitative estimate of drug-likeness (QED) is 0.287. The number of ether oxygens (including phenoxy) is 1. The van der Waals surface area contributed by atoms with Crippen LogP contribution in [0, 0.1) is 0 Å². The fourth-order valence-electron chi connectivity index (χ4n) is 4.52. The molecule has 0 atom stereocenters. The van der Waals surface area contributed by atoms with Crippen molar-refractivity contribution in [2.75, 3.05) is 10.6 Å². The van der Waals surface area contributed by atoms with Gasteiger partial charge in [0.1, 0.15) is 11.4 Å². The van der Waals surface area contributed by atoms with Crippen LogP contribution in [0.1, 0.15) is 52.0 Å². The summed E-state index contributed by atoms with van der Waals surface area (Å²) in [5.74, 6) is 1.58. The molecule has 0 bridgehead atoms. The maximum absolute atomic E-state index is 12.1. The van der Waals surface area contributed by atoms with Crippen molar-refractivity contribution in [3.05, 3.63) is 59.2 Å². The van der Waals surface area contributed by atoms with Crippen LogP contribution in [0.25, 0.3) is 17.0 Å². The third-order valence-corrected chi connectivity index (χ3v) is 7.01. The van der Waals surface area contributed by atoms with Crippen LogP contribution in [-0.4, -0.2) is 43.1 Å². The van der Waals surface area contributed by atoms with E-state index in [2.05, 4.69) is 42.7 Å². The Hall–Kier alpha value is -3.66. The molecule has 1 amide bonds. The van der Waals surface area contributed by atoms with Crippen LogP contribution in [-0.2, 0) is 11.3 Å². The first kappa shape index (κ1) is 25.0. The normalized spacial score (nSPS) is 17.9. The minimum atomic E-state index is -0.492. The standard InChI is InChI=1S/C27H33N7O2S/c1-27(2,3)36-26(35)32-20-9-7-19(8-10-20)31-24-25-30-16-22(34(25)13-12-28-24)21-5-4-6-23(33-21)29-15-18-11-14-37-17-18/h4-6,11-14,16-17,19-20H,7-10,15H2,1-3H3,(H,28,31)(H,29,33)(H,32,35)/t19-,20-. The number of amides is 1. The van der Waals surface area contributed by atoms with Crippen molar-refractivity contribution in [3.8, 4) is 11.4 Å². The Labute approximate surface area is 220 Å². The number of hydrogen-bond donors (Lipinski definition) is 3. The number of alkyl carbamates (subject to hydrolysis) is 1. The highest BCUT2D eigenvalue weighted by atomic mass is 32.1. The zero-order chi connectivity index (χ0) is 25.8. The van der Waals surface area contributed by atoms with E-state index in [1.54, 1.807) is 17.5 Å². The second kappa shape index (κ2) is 10.8. The van der Waals surface area contributed by atoms with Gasteiger partial charge in [-0.3, -0.25) is 4.40 Å².